The first-order chi connectivity index (χ1) is 19.8. The number of amides is 1. The lowest BCUT2D eigenvalue weighted by atomic mass is 10.2. The van der Waals surface area contributed by atoms with Gasteiger partial charge in [-0.2, -0.15) is 26.9 Å². The molecule has 1 aliphatic rings. The van der Waals surface area contributed by atoms with Crippen molar-refractivity contribution in [2.75, 3.05) is 5.01 Å². The number of carbonyl (C=O) groups excluding carboxylic acids is 1. The average molecular weight is 613 g/mol. The number of aromatic amines is 1. The van der Waals surface area contributed by atoms with Crippen LogP contribution in [0.5, 0.6) is 0 Å². The monoisotopic (exact) mass is 612 g/mol. The molecule has 2 aromatic carbocycles. The molecule has 0 fully saturated rings. The first kappa shape index (κ1) is 29.8. The number of aromatic nitrogens is 2. The van der Waals surface area contributed by atoms with Crippen LogP contribution in [-0.2, 0) is 25.0 Å². The van der Waals surface area contributed by atoms with E-state index in [2.05, 4.69) is 10.2 Å². The highest BCUT2D eigenvalue weighted by atomic mass is 32.2. The molecule has 42 heavy (non-hydrogen) atoms. The summed E-state index contributed by atoms with van der Waals surface area (Å²) in [4.78, 5) is 36.3. The molecule has 0 radical (unpaired) electrons. The first-order valence-electron chi connectivity index (χ1n) is 11.6. The van der Waals surface area contributed by atoms with E-state index >= 15 is 0 Å². The zero-order chi connectivity index (χ0) is 30.7. The fourth-order valence-corrected chi connectivity index (χ4v) is 4.59. The van der Waals surface area contributed by atoms with E-state index in [1.54, 1.807) is 12.2 Å². The van der Waals surface area contributed by atoms with Crippen LogP contribution in [0.25, 0.3) is 11.8 Å². The molecule has 16 heteroatoms. The zero-order valence-corrected chi connectivity index (χ0v) is 22.7. The fourth-order valence-electron chi connectivity index (χ4n) is 3.63. The van der Waals surface area contributed by atoms with Gasteiger partial charge in [0.1, 0.15) is 0 Å². The Hall–Kier alpha value is -5.16. The Morgan fingerprint density at radius 2 is 1.31 bits per heavy atom. The van der Waals surface area contributed by atoms with E-state index < -0.39 is 48.3 Å². The molecule has 1 amide bonds. The number of allylic oxidation sites excluding steroid dienone is 6. The summed E-state index contributed by atoms with van der Waals surface area (Å²) in [5.74, 6) is -1.87. The molecule has 0 bridgehead atoms. The lowest BCUT2D eigenvalue weighted by Crippen LogP contribution is -2.21. The summed E-state index contributed by atoms with van der Waals surface area (Å²) in [7, 11) is -8.82. The Bertz CT molecular complexity index is 1980. The number of hydrazone groups is 1. The van der Waals surface area contributed by atoms with Crippen molar-refractivity contribution in [3.63, 3.8) is 0 Å². The highest BCUT2D eigenvalue weighted by molar-refractivity contribution is 7.86. The Labute approximate surface area is 238 Å². The van der Waals surface area contributed by atoms with Crippen LogP contribution in [-0.4, -0.2) is 58.9 Å². The van der Waals surface area contributed by atoms with Crippen LogP contribution in [0.3, 0.4) is 0 Å². The third kappa shape index (κ3) is 6.58. The lowest BCUT2D eigenvalue weighted by Gasteiger charge is -2.11. The van der Waals surface area contributed by atoms with E-state index in [9.17, 15) is 36.3 Å². The van der Waals surface area contributed by atoms with Gasteiger partial charge in [0.2, 0.25) is 0 Å². The standard InChI is InChI=1S/C26H20N4O10S2/c31-24-17(16-27-29(24)18-8-12-20(13-9-18)41(35,36)37)6-4-2-1-3-5-7-22-23(26(33)34)28-30(25(22)32)19-10-14-21(15-11-19)42(38,39)40/h1-16,28H,(H,33,34)(H,35,36,37)(H,38,39,40)/b3-1+,4-2+,7-5+,17-6-. The van der Waals surface area contributed by atoms with Crippen LogP contribution < -0.4 is 10.6 Å². The summed E-state index contributed by atoms with van der Waals surface area (Å²) in [6, 6.07) is 9.48. The van der Waals surface area contributed by atoms with Crippen LogP contribution in [0, 0.1) is 0 Å². The van der Waals surface area contributed by atoms with Gasteiger partial charge < -0.3 is 5.11 Å². The first-order valence-corrected chi connectivity index (χ1v) is 14.5. The highest BCUT2D eigenvalue weighted by Gasteiger charge is 2.24. The molecule has 1 aromatic heterocycles. The predicted octanol–water partition coefficient (Wildman–Crippen LogP) is 2.44. The molecule has 0 aliphatic carbocycles. The van der Waals surface area contributed by atoms with E-state index in [1.807, 2.05) is 0 Å². The Morgan fingerprint density at radius 3 is 1.86 bits per heavy atom. The van der Waals surface area contributed by atoms with Crippen LogP contribution in [0.2, 0.25) is 0 Å². The SMILES string of the molecule is O=C(O)c1[nH]n(-c2ccc(S(=O)(=O)O)cc2)c(=O)c1/C=C/C=C/C=C/C=C1/C=NN(c2ccc(S(=O)(=O)O)cc2)C1=O. The quantitative estimate of drug-likeness (QED) is 0.157. The van der Waals surface area contributed by atoms with Crippen LogP contribution >= 0.6 is 0 Å². The van der Waals surface area contributed by atoms with Crippen molar-refractivity contribution in [3.05, 3.63) is 112 Å². The van der Waals surface area contributed by atoms with E-state index in [1.165, 1.54) is 60.9 Å². The lowest BCUT2D eigenvalue weighted by molar-refractivity contribution is -0.114. The van der Waals surface area contributed by atoms with Crippen molar-refractivity contribution in [1.29, 1.82) is 0 Å². The van der Waals surface area contributed by atoms with Crippen molar-refractivity contribution in [2.45, 2.75) is 9.79 Å². The molecule has 2 heterocycles. The molecule has 3 aromatic rings. The van der Waals surface area contributed by atoms with Gasteiger partial charge in [-0.15, -0.1) is 0 Å². The molecule has 216 valence electrons. The normalized spacial score (nSPS) is 15.2. The van der Waals surface area contributed by atoms with Crippen molar-refractivity contribution >= 4 is 50.1 Å². The van der Waals surface area contributed by atoms with Gasteiger partial charge in [0, 0.05) is 0 Å². The summed E-state index contributed by atoms with van der Waals surface area (Å²) in [5.41, 5.74) is -0.624. The molecular weight excluding hydrogens is 592 g/mol. The molecule has 4 N–H and O–H groups in total. The van der Waals surface area contributed by atoms with Crippen LogP contribution in [0.1, 0.15) is 16.1 Å². The molecule has 0 spiro atoms. The molecule has 4 rings (SSSR count). The predicted molar refractivity (Wildman–Crippen MR) is 151 cm³/mol. The summed E-state index contributed by atoms with van der Waals surface area (Å²) in [6.45, 7) is 0. The minimum absolute atomic E-state index is 0.139. The van der Waals surface area contributed by atoms with Crippen molar-refractivity contribution in [2.24, 2.45) is 5.10 Å². The summed E-state index contributed by atoms with van der Waals surface area (Å²) >= 11 is 0. The van der Waals surface area contributed by atoms with Gasteiger partial charge in [-0.1, -0.05) is 30.4 Å². The highest BCUT2D eigenvalue weighted by Crippen LogP contribution is 2.22. The number of rotatable bonds is 9. The Morgan fingerprint density at radius 1 is 0.786 bits per heavy atom. The number of H-pyrrole nitrogens is 1. The van der Waals surface area contributed by atoms with E-state index in [-0.39, 0.29) is 21.7 Å². The van der Waals surface area contributed by atoms with E-state index in [0.717, 1.165) is 34.0 Å². The number of carboxylic acids is 1. The maximum atomic E-state index is 12.8. The Balaban J connectivity index is 1.43. The van der Waals surface area contributed by atoms with Gasteiger partial charge in [-0.05, 0) is 60.7 Å². The van der Waals surface area contributed by atoms with Crippen molar-refractivity contribution in [1.82, 2.24) is 9.78 Å². The topological polar surface area (TPSA) is 216 Å². The smallest absolute Gasteiger partial charge is 0.354 e. The molecule has 1 aliphatic heterocycles. The number of carbonyl (C=O) groups is 2. The number of nitrogens with zero attached hydrogens (tertiary/aromatic N) is 3. The average Bonchev–Trinajstić information content (AvgIpc) is 3.46. The number of benzene rings is 2. The van der Waals surface area contributed by atoms with Crippen molar-refractivity contribution in [3.8, 4) is 5.69 Å². The molecular formula is C26H20N4O10S2. The van der Waals surface area contributed by atoms with E-state index in [4.69, 9.17) is 9.11 Å². The van der Waals surface area contributed by atoms with E-state index in [0.29, 0.717) is 5.69 Å². The minimum atomic E-state index is -4.45. The molecule has 0 unspecified atom stereocenters. The van der Waals surface area contributed by atoms with Gasteiger partial charge in [0.25, 0.3) is 31.7 Å². The van der Waals surface area contributed by atoms with Gasteiger partial charge in [0.15, 0.2) is 5.69 Å². The maximum Gasteiger partial charge on any atom is 0.354 e. The van der Waals surface area contributed by atoms with Gasteiger partial charge in [0.05, 0.1) is 38.5 Å². The maximum absolute atomic E-state index is 12.8. The second-order valence-corrected chi connectivity index (χ2v) is 11.2. The third-order valence-electron chi connectivity index (χ3n) is 5.65. The van der Waals surface area contributed by atoms with Crippen LogP contribution in [0.15, 0.2) is 110 Å². The largest absolute Gasteiger partial charge is 0.477 e. The minimum Gasteiger partial charge on any atom is -0.477 e. The van der Waals surface area contributed by atoms with Gasteiger partial charge >= 0.3 is 5.97 Å². The molecule has 0 atom stereocenters. The summed E-state index contributed by atoms with van der Waals surface area (Å²) in [5, 5.41) is 17.0. The van der Waals surface area contributed by atoms with Crippen molar-refractivity contribution < 1.29 is 40.6 Å². The fraction of sp³-hybridized carbons (Fsp3) is 0. The second kappa shape index (κ2) is 11.8. The zero-order valence-electron chi connectivity index (χ0n) is 21.1. The number of hydrogen-bond acceptors (Lipinski definition) is 8. The molecule has 0 saturated carbocycles. The Kier molecular flexibility index (Phi) is 8.34. The molecule has 0 saturated heterocycles. The summed E-state index contributed by atoms with van der Waals surface area (Å²) < 4.78 is 63.9. The number of hydrogen-bond donors (Lipinski definition) is 4. The van der Waals surface area contributed by atoms with Gasteiger partial charge in [-0.3, -0.25) is 23.8 Å². The molecule has 14 nitrogen and oxygen atoms in total. The number of anilines is 1. The number of aromatic carboxylic acids is 1. The third-order valence-corrected chi connectivity index (χ3v) is 7.38. The second-order valence-electron chi connectivity index (χ2n) is 8.40. The van der Waals surface area contributed by atoms with Gasteiger partial charge in [-0.25, -0.2) is 9.48 Å². The number of nitrogens with one attached hydrogen (secondary N) is 1. The number of carboxylic acid groups (broad SMARTS) is 1. The van der Waals surface area contributed by atoms with Crippen LogP contribution in [0.4, 0.5) is 5.69 Å². The summed E-state index contributed by atoms with van der Waals surface area (Å²) in [6.07, 6.45) is 11.6.